The Morgan fingerprint density at radius 3 is 2.48 bits per heavy atom. The van der Waals surface area contributed by atoms with Crippen LogP contribution in [-0.2, 0) is 20.9 Å². The van der Waals surface area contributed by atoms with Crippen LogP contribution in [0, 0.1) is 13.8 Å². The van der Waals surface area contributed by atoms with Gasteiger partial charge in [-0.3, -0.25) is 14.5 Å². The van der Waals surface area contributed by atoms with Crippen molar-refractivity contribution in [2.24, 2.45) is 0 Å². The Balaban J connectivity index is 1.79. The minimum absolute atomic E-state index is 0.132. The second-order valence-corrected chi connectivity index (χ2v) is 6.92. The highest BCUT2D eigenvalue weighted by atomic mass is 16.5. The summed E-state index contributed by atoms with van der Waals surface area (Å²) in [5, 5.41) is 0. The summed E-state index contributed by atoms with van der Waals surface area (Å²) >= 11 is 0. The van der Waals surface area contributed by atoms with Crippen LogP contribution in [0.25, 0.3) is 5.57 Å². The van der Waals surface area contributed by atoms with E-state index in [1.807, 2.05) is 36.9 Å². The average Bonchev–Trinajstić information content (AvgIpc) is 3.25. The minimum atomic E-state index is -0.273. The van der Waals surface area contributed by atoms with Crippen molar-refractivity contribution >= 4 is 17.4 Å². The molecule has 27 heavy (non-hydrogen) atoms. The van der Waals surface area contributed by atoms with Crippen LogP contribution in [0.2, 0.25) is 0 Å². The fourth-order valence-corrected chi connectivity index (χ4v) is 3.68. The van der Waals surface area contributed by atoms with E-state index in [-0.39, 0.29) is 18.4 Å². The van der Waals surface area contributed by atoms with Crippen molar-refractivity contribution in [3.8, 4) is 0 Å². The number of ether oxygens (including phenoxy) is 1. The highest BCUT2D eigenvalue weighted by molar-refractivity contribution is 6.35. The second-order valence-electron chi connectivity index (χ2n) is 6.92. The van der Waals surface area contributed by atoms with Crippen molar-refractivity contribution in [1.82, 2.24) is 9.80 Å². The van der Waals surface area contributed by atoms with E-state index in [0.29, 0.717) is 43.3 Å². The maximum atomic E-state index is 13.3. The average molecular weight is 366 g/mol. The van der Waals surface area contributed by atoms with E-state index in [1.54, 1.807) is 18.4 Å². The number of hydrogen-bond donors (Lipinski definition) is 0. The number of hydrogen-bond acceptors (Lipinski definition) is 5. The number of aryl methyl sites for hydroxylation is 2. The summed E-state index contributed by atoms with van der Waals surface area (Å²) < 4.78 is 10.8. The van der Waals surface area contributed by atoms with Crippen LogP contribution in [0.5, 0.6) is 0 Å². The zero-order chi connectivity index (χ0) is 19.0. The first kappa shape index (κ1) is 17.5. The van der Waals surface area contributed by atoms with Gasteiger partial charge in [-0.15, -0.1) is 0 Å². The number of morpholine rings is 1. The van der Waals surface area contributed by atoms with Crippen molar-refractivity contribution in [3.63, 3.8) is 0 Å². The lowest BCUT2D eigenvalue weighted by Gasteiger charge is -2.29. The summed E-state index contributed by atoms with van der Waals surface area (Å²) in [5.41, 5.74) is 3.86. The minimum Gasteiger partial charge on any atom is -0.467 e. The maximum Gasteiger partial charge on any atom is 0.278 e. The van der Waals surface area contributed by atoms with Crippen LogP contribution in [-0.4, -0.2) is 47.9 Å². The van der Waals surface area contributed by atoms with Crippen LogP contribution in [0.1, 0.15) is 22.5 Å². The second kappa shape index (κ2) is 7.04. The zero-order valence-corrected chi connectivity index (χ0v) is 15.5. The third kappa shape index (κ3) is 3.17. The molecule has 0 unspecified atom stereocenters. The Kier molecular flexibility index (Phi) is 4.58. The van der Waals surface area contributed by atoms with E-state index in [1.165, 1.54) is 4.90 Å². The van der Waals surface area contributed by atoms with Crippen LogP contribution in [0.15, 0.2) is 46.7 Å². The first-order valence-corrected chi connectivity index (χ1v) is 9.09. The molecule has 0 radical (unpaired) electrons. The van der Waals surface area contributed by atoms with E-state index in [0.717, 1.165) is 16.7 Å². The van der Waals surface area contributed by atoms with Gasteiger partial charge in [0.05, 0.1) is 31.6 Å². The molecule has 2 aromatic rings. The van der Waals surface area contributed by atoms with Gasteiger partial charge in [-0.2, -0.15) is 0 Å². The Hall–Kier alpha value is -2.86. The van der Waals surface area contributed by atoms with E-state index < -0.39 is 0 Å². The molecule has 0 aliphatic carbocycles. The highest BCUT2D eigenvalue weighted by Crippen LogP contribution is 2.34. The molecular weight excluding hydrogens is 344 g/mol. The van der Waals surface area contributed by atoms with Gasteiger partial charge >= 0.3 is 0 Å². The van der Waals surface area contributed by atoms with Gasteiger partial charge in [0.15, 0.2) is 0 Å². The topological polar surface area (TPSA) is 63.0 Å². The molecule has 6 nitrogen and oxygen atoms in total. The predicted octanol–water partition coefficient (Wildman–Crippen LogP) is 2.51. The monoisotopic (exact) mass is 366 g/mol. The quantitative estimate of drug-likeness (QED) is 0.778. The molecule has 0 bridgehead atoms. The van der Waals surface area contributed by atoms with Crippen LogP contribution >= 0.6 is 0 Å². The number of carbonyl (C=O) groups excluding carboxylic acids is 2. The number of benzene rings is 1. The number of rotatable bonds is 4. The Labute approximate surface area is 158 Å². The fraction of sp³-hybridized carbons (Fsp3) is 0.333. The summed E-state index contributed by atoms with van der Waals surface area (Å²) in [5.74, 6) is 0.0398. The van der Waals surface area contributed by atoms with Crippen LogP contribution in [0.4, 0.5) is 0 Å². The molecule has 2 aliphatic rings. The Bertz CT molecular complexity index is 908. The summed E-state index contributed by atoms with van der Waals surface area (Å²) in [6, 6.07) is 9.46. The first-order chi connectivity index (χ1) is 13.1. The molecule has 0 saturated carbocycles. The van der Waals surface area contributed by atoms with Crippen molar-refractivity contribution in [2.45, 2.75) is 20.4 Å². The van der Waals surface area contributed by atoms with Gasteiger partial charge in [-0.05, 0) is 37.1 Å². The number of furan rings is 1. The van der Waals surface area contributed by atoms with E-state index >= 15 is 0 Å². The highest BCUT2D eigenvalue weighted by Gasteiger charge is 2.42. The Morgan fingerprint density at radius 2 is 1.81 bits per heavy atom. The summed E-state index contributed by atoms with van der Waals surface area (Å²) in [6.45, 7) is 6.40. The molecule has 1 aromatic heterocycles. The largest absolute Gasteiger partial charge is 0.467 e. The zero-order valence-electron chi connectivity index (χ0n) is 15.5. The lowest BCUT2D eigenvalue weighted by atomic mass is 9.97. The van der Waals surface area contributed by atoms with Crippen molar-refractivity contribution in [2.75, 3.05) is 26.3 Å². The number of nitrogens with zero attached hydrogens (tertiary/aromatic N) is 2. The summed E-state index contributed by atoms with van der Waals surface area (Å²) in [6.07, 6.45) is 1.54. The van der Waals surface area contributed by atoms with Gasteiger partial charge in [0, 0.05) is 13.1 Å². The van der Waals surface area contributed by atoms with Crippen molar-refractivity contribution < 1.29 is 18.7 Å². The van der Waals surface area contributed by atoms with Gasteiger partial charge in [0.2, 0.25) is 0 Å². The fourth-order valence-electron chi connectivity index (χ4n) is 3.68. The molecule has 0 N–H and O–H groups in total. The number of imide groups is 1. The smallest absolute Gasteiger partial charge is 0.278 e. The van der Waals surface area contributed by atoms with Gasteiger partial charge in [0.25, 0.3) is 11.8 Å². The van der Waals surface area contributed by atoms with Gasteiger partial charge in [-0.1, -0.05) is 23.8 Å². The molecule has 3 heterocycles. The third-order valence-electron chi connectivity index (χ3n) is 5.02. The number of amides is 2. The molecule has 4 rings (SSSR count). The molecule has 2 aliphatic heterocycles. The standard InChI is InChI=1S/C21H22N2O4/c1-14-5-6-17(15(2)12-14)18-19(22-7-10-26-11-8-22)21(25)23(20(18)24)13-16-4-3-9-27-16/h3-6,9,12H,7-8,10-11,13H2,1-2H3. The first-order valence-electron chi connectivity index (χ1n) is 9.09. The SMILES string of the molecule is Cc1ccc(C2=C(N3CCOCC3)C(=O)N(Cc3ccco3)C2=O)c(C)c1. The number of carbonyl (C=O) groups is 2. The lowest BCUT2D eigenvalue weighted by molar-refractivity contribution is -0.138. The molecule has 1 fully saturated rings. The molecule has 140 valence electrons. The molecule has 1 aromatic carbocycles. The lowest BCUT2D eigenvalue weighted by Crippen LogP contribution is -2.40. The summed E-state index contributed by atoms with van der Waals surface area (Å²) in [4.78, 5) is 29.8. The molecule has 0 atom stereocenters. The molecule has 0 spiro atoms. The molecule has 1 saturated heterocycles. The molecule has 6 heteroatoms. The predicted molar refractivity (Wildman–Crippen MR) is 99.5 cm³/mol. The van der Waals surface area contributed by atoms with E-state index in [2.05, 4.69) is 0 Å². The van der Waals surface area contributed by atoms with Crippen LogP contribution < -0.4 is 0 Å². The van der Waals surface area contributed by atoms with E-state index in [4.69, 9.17) is 9.15 Å². The van der Waals surface area contributed by atoms with Gasteiger partial charge in [-0.25, -0.2) is 0 Å². The van der Waals surface area contributed by atoms with Gasteiger partial charge < -0.3 is 14.1 Å². The van der Waals surface area contributed by atoms with Crippen molar-refractivity contribution in [1.29, 1.82) is 0 Å². The summed E-state index contributed by atoms with van der Waals surface area (Å²) in [7, 11) is 0. The van der Waals surface area contributed by atoms with Crippen LogP contribution in [0.3, 0.4) is 0 Å². The van der Waals surface area contributed by atoms with Crippen molar-refractivity contribution in [3.05, 3.63) is 64.7 Å². The van der Waals surface area contributed by atoms with E-state index in [9.17, 15) is 9.59 Å². The molecule has 2 amide bonds. The molecular formula is C21H22N2O4. The third-order valence-corrected chi connectivity index (χ3v) is 5.02. The van der Waals surface area contributed by atoms with Gasteiger partial charge in [0.1, 0.15) is 11.5 Å². The Morgan fingerprint density at radius 1 is 1.04 bits per heavy atom. The maximum absolute atomic E-state index is 13.3. The normalized spacial score (nSPS) is 18.0.